The molecule has 0 saturated carbocycles. The van der Waals surface area contributed by atoms with Gasteiger partial charge in [0.1, 0.15) is 73.4 Å². The first-order chi connectivity index (χ1) is 40.2. The minimum absolute atomic E-state index is 0.0200. The van der Waals surface area contributed by atoms with Gasteiger partial charge in [-0.05, 0) is 132 Å². The van der Waals surface area contributed by atoms with E-state index >= 15 is 0 Å². The summed E-state index contributed by atoms with van der Waals surface area (Å²) in [6, 6.07) is 20.1. The van der Waals surface area contributed by atoms with Crippen molar-refractivity contribution < 1.29 is 77.8 Å². The summed E-state index contributed by atoms with van der Waals surface area (Å²) in [4.78, 5) is 59.8. The number of para-hydroxylation sites is 1. The van der Waals surface area contributed by atoms with Crippen LogP contribution in [0.4, 0.5) is 11.4 Å². The van der Waals surface area contributed by atoms with Crippen LogP contribution < -0.4 is 41.6 Å². The van der Waals surface area contributed by atoms with Gasteiger partial charge in [-0.25, -0.2) is 14.6 Å². The van der Waals surface area contributed by atoms with Gasteiger partial charge in [0.25, 0.3) is 5.56 Å². The second-order valence-electron chi connectivity index (χ2n) is 21.0. The van der Waals surface area contributed by atoms with Crippen LogP contribution in [0.1, 0.15) is 75.6 Å². The van der Waals surface area contributed by atoms with E-state index in [0.29, 0.717) is 80.8 Å². The van der Waals surface area contributed by atoms with Crippen molar-refractivity contribution >= 4 is 74.8 Å². The summed E-state index contributed by atoms with van der Waals surface area (Å²) in [5.74, 6) is -1.39. The number of hydrogen-bond acceptors (Lipinski definition) is 20. The van der Waals surface area contributed by atoms with Gasteiger partial charge >= 0.3 is 11.9 Å². The van der Waals surface area contributed by atoms with Gasteiger partial charge in [-0.2, -0.15) is 0 Å². The molecule has 5 aromatic rings. The third-order valence-electron chi connectivity index (χ3n) is 15.4. The second kappa shape index (κ2) is 26.5. The summed E-state index contributed by atoms with van der Waals surface area (Å²) in [7, 11) is 2.77. The highest BCUT2D eigenvalue weighted by Crippen LogP contribution is 2.41. The second-order valence-corrected chi connectivity index (χ2v) is 21.8. The first kappa shape index (κ1) is 61.6. The fourth-order valence-corrected chi connectivity index (χ4v) is 11.1. The molecule has 3 unspecified atom stereocenters. The predicted octanol–water partition coefficient (Wildman–Crippen LogP) is 2.86. The molecule has 26 heteroatoms. The van der Waals surface area contributed by atoms with E-state index in [1.165, 1.54) is 25.7 Å². The summed E-state index contributed by atoms with van der Waals surface area (Å²) in [5, 5.41) is 69.8. The van der Waals surface area contributed by atoms with Crippen LogP contribution in [0.2, 0.25) is 0 Å². The number of pyridine rings is 2. The molecule has 2 saturated heterocycles. The Hall–Kier alpha value is -6.95. The maximum atomic E-state index is 14.2. The molecule has 0 bridgehead atoms. The van der Waals surface area contributed by atoms with Crippen molar-refractivity contribution in [2.24, 2.45) is 0 Å². The Morgan fingerprint density at radius 2 is 1.38 bits per heavy atom. The number of unbranched alkanes of at least 4 members (excludes halogenated alkanes) is 1. The molecule has 84 heavy (non-hydrogen) atoms. The molecule has 450 valence electrons. The zero-order valence-electron chi connectivity index (χ0n) is 46.9. The van der Waals surface area contributed by atoms with Crippen LogP contribution in [0.15, 0.2) is 83.7 Å². The highest BCUT2D eigenvalue weighted by atomic mass is 32.1. The first-order valence-electron chi connectivity index (χ1n) is 27.5. The monoisotopic (exact) mass is 1200 g/mol. The molecule has 13 atom stereocenters. The lowest BCUT2D eigenvalue weighted by atomic mass is 9.86. The van der Waals surface area contributed by atoms with Gasteiger partial charge in [0.2, 0.25) is 18.5 Å². The third kappa shape index (κ3) is 13.1. The lowest BCUT2D eigenvalue weighted by Crippen LogP contribution is -2.59. The Morgan fingerprint density at radius 3 is 1.96 bits per heavy atom. The van der Waals surface area contributed by atoms with Crippen molar-refractivity contribution in [3.8, 4) is 22.9 Å². The maximum Gasteiger partial charge on any atom is 0.343 e. The molecule has 24 nitrogen and oxygen atoms in total. The number of cyclic esters (lactones) is 1. The van der Waals surface area contributed by atoms with E-state index in [1.54, 1.807) is 87.5 Å². The van der Waals surface area contributed by atoms with E-state index in [-0.39, 0.29) is 48.8 Å². The summed E-state index contributed by atoms with van der Waals surface area (Å²) in [6.07, 6.45) is -8.63. The van der Waals surface area contributed by atoms with Crippen LogP contribution in [0.5, 0.6) is 11.5 Å². The average molecular weight is 1200 g/mol. The number of benzene rings is 3. The number of aromatic nitrogens is 2. The number of amides is 1. The molecular weight excluding hydrogens is 1130 g/mol. The molecule has 6 heterocycles. The number of carbonyl (C=O) groups excluding carboxylic acids is 3. The fraction of sp³-hybridized carbons (Fsp3) is 0.466. The van der Waals surface area contributed by atoms with E-state index in [0.717, 1.165) is 0 Å². The molecule has 0 spiro atoms. The maximum absolute atomic E-state index is 14.2. The largest absolute Gasteiger partial charge is 0.462 e. The molecule has 4 aliphatic heterocycles. The van der Waals surface area contributed by atoms with E-state index in [9.17, 15) is 44.7 Å². The quantitative estimate of drug-likeness (QED) is 0.0298. The Bertz CT molecular complexity index is 3300. The molecule has 0 radical (unpaired) electrons. The number of esters is 2. The molecular formula is C58H69N7O17S2. The Balaban J connectivity index is 0.831. The first-order valence-corrected chi connectivity index (χ1v) is 28.3. The number of anilines is 2. The number of rotatable bonds is 20. The number of methoxy groups -OCH3 is 2. The smallest absolute Gasteiger partial charge is 0.343 e. The fourth-order valence-electron chi connectivity index (χ4n) is 10.6. The van der Waals surface area contributed by atoms with Gasteiger partial charge in [-0.3, -0.25) is 9.59 Å². The van der Waals surface area contributed by atoms with Crippen molar-refractivity contribution in [3.63, 3.8) is 0 Å². The number of fused-ring (bicyclic) bond motifs is 5. The van der Waals surface area contributed by atoms with E-state index in [2.05, 4.69) is 26.6 Å². The van der Waals surface area contributed by atoms with Crippen LogP contribution in [0, 0.1) is 0 Å². The standard InChI is InChI=1S/C58H69N7O17S2/c1-7-58(74)39-24-42-43-36(25-65(42)51(71)38(39)27-78-55(58)73)37(35-12-8-9-13-40(35)63-43)26-77-52(72)28(2)60-50(70)41(64-57(84)62-32-17-21-34(22-18-32)82-54-47(69)49(76-6)45(67)30(4)80-54)14-10-11-23-59-56(83)61-31-15-19-33(20-16-31)81-53-46(68)48(75-5)44(66)29(3)79-53/h8-9,12-13,15-22,24,28-30,41,44-49,53-54,66-69,74H,7,10-11,14,23,25-27H2,1-6H3,(H,60,70)(H2,59,61,83)(H2,62,64,84)/t28-,29-,30-,41?,44+,45+,46-,47-,48+,49+,53?,54?,58-/m0/s1. The van der Waals surface area contributed by atoms with Crippen molar-refractivity contribution in [1.29, 1.82) is 0 Å². The highest BCUT2D eigenvalue weighted by Gasteiger charge is 2.47. The van der Waals surface area contributed by atoms with Gasteiger partial charge in [-0.1, -0.05) is 25.1 Å². The minimum Gasteiger partial charge on any atom is -0.462 e. The van der Waals surface area contributed by atoms with Gasteiger partial charge in [-0.15, -0.1) is 0 Å². The van der Waals surface area contributed by atoms with Crippen LogP contribution in [0.3, 0.4) is 0 Å². The minimum atomic E-state index is -2.02. The topological polar surface area (TPSA) is 321 Å². The molecule has 4 aliphatic rings. The van der Waals surface area contributed by atoms with Crippen molar-refractivity contribution in [2.75, 3.05) is 31.4 Å². The van der Waals surface area contributed by atoms with Crippen LogP contribution in [0.25, 0.3) is 22.3 Å². The van der Waals surface area contributed by atoms with Crippen molar-refractivity contribution in [1.82, 2.24) is 25.5 Å². The third-order valence-corrected chi connectivity index (χ3v) is 15.9. The van der Waals surface area contributed by atoms with Gasteiger partial charge in [0.05, 0.1) is 41.2 Å². The predicted molar refractivity (Wildman–Crippen MR) is 312 cm³/mol. The Labute approximate surface area is 494 Å². The molecule has 1 amide bonds. The normalized spacial score (nSPS) is 25.8. The number of thiocarbonyl (C=S) groups is 2. The molecule has 2 fully saturated rings. The number of ether oxygens (including phenoxy) is 8. The van der Waals surface area contributed by atoms with Gasteiger partial charge in [0, 0.05) is 54.2 Å². The molecule has 0 aliphatic carbocycles. The summed E-state index contributed by atoms with van der Waals surface area (Å²) in [6.45, 7) is 6.38. The molecule has 10 N–H and O–H groups in total. The highest BCUT2D eigenvalue weighted by molar-refractivity contribution is 7.80. The number of hydrogen-bond donors (Lipinski definition) is 10. The van der Waals surface area contributed by atoms with Crippen LogP contribution >= 0.6 is 24.4 Å². The summed E-state index contributed by atoms with van der Waals surface area (Å²) >= 11 is 11.3. The van der Waals surface area contributed by atoms with E-state index in [4.69, 9.17) is 67.3 Å². The van der Waals surface area contributed by atoms with Crippen molar-refractivity contribution in [2.45, 2.75) is 152 Å². The number of nitrogens with zero attached hydrogens (tertiary/aromatic N) is 2. The van der Waals surface area contributed by atoms with Crippen molar-refractivity contribution in [3.05, 3.63) is 111 Å². The number of carbonyl (C=O) groups is 3. The van der Waals surface area contributed by atoms with E-state index in [1.807, 2.05) is 12.1 Å². The van der Waals surface area contributed by atoms with E-state index < -0.39 is 103 Å². The Morgan fingerprint density at radius 1 is 0.798 bits per heavy atom. The zero-order valence-corrected chi connectivity index (χ0v) is 48.6. The van der Waals surface area contributed by atoms with Gasteiger partial charge in [0.15, 0.2) is 15.8 Å². The molecule has 2 aromatic heterocycles. The Kier molecular flexibility index (Phi) is 19.5. The lowest BCUT2D eigenvalue weighted by molar-refractivity contribution is -0.273. The average Bonchev–Trinajstić information content (AvgIpc) is 3.13. The van der Waals surface area contributed by atoms with Gasteiger partial charge < -0.3 is 94.6 Å². The summed E-state index contributed by atoms with van der Waals surface area (Å²) in [5.41, 5.74) is 1.64. The van der Waals surface area contributed by atoms with Crippen LogP contribution in [-0.2, 0) is 68.2 Å². The number of aliphatic hydroxyl groups excluding tert-OH is 4. The lowest BCUT2D eigenvalue weighted by Gasteiger charge is -2.40. The van der Waals surface area contributed by atoms with Crippen LogP contribution in [-0.4, -0.2) is 157 Å². The zero-order chi connectivity index (χ0) is 60.1. The molecule has 3 aromatic carbocycles. The SMILES string of the molecule is CC[C@@]1(O)C(=O)OCc2c1cc1n(c2=O)Cc2c-1nc1ccccc1c2COC(=O)[C@H](C)NC(=O)C(CCCCNC(=S)Nc1ccc(OC2O[C@@H](C)[C@@H](O)[C@@H](OC)[C@@H]2O)cc1)NC(=S)Nc1ccc(OC2O[C@@H](C)[C@@H](O)[C@@H](OC)[C@@H]2O)cc1. The summed E-state index contributed by atoms with van der Waals surface area (Å²) < 4.78 is 46.4. The number of nitrogens with one attached hydrogen (secondary N) is 5. The number of aliphatic hydroxyl groups is 5. The molecule has 9 rings (SSSR count).